The Balaban J connectivity index is 2.17. The number of rotatable bonds is 3. The van der Waals surface area contributed by atoms with E-state index >= 15 is 0 Å². The summed E-state index contributed by atoms with van der Waals surface area (Å²) in [5.41, 5.74) is -0.439. The minimum Gasteiger partial charge on any atom is -0.371 e. The van der Waals surface area contributed by atoms with E-state index in [0.717, 1.165) is 6.61 Å². The molecule has 1 heterocycles. The molecule has 56 valence electrons. The maximum Gasteiger partial charge on any atom is 0.122 e. The Hall–Kier alpha value is -0.520. The van der Waals surface area contributed by atoms with Crippen LogP contribution in [0, 0.1) is 12.3 Å². The summed E-state index contributed by atoms with van der Waals surface area (Å²) in [5, 5.41) is 0. The number of hydrogen-bond acceptors (Lipinski definition) is 2. The third-order valence-electron chi connectivity index (χ3n) is 1.38. The van der Waals surface area contributed by atoms with Crippen LogP contribution in [0.3, 0.4) is 0 Å². The van der Waals surface area contributed by atoms with Gasteiger partial charge in [-0.3, -0.25) is 0 Å². The molecule has 2 heteroatoms. The van der Waals surface area contributed by atoms with Crippen LogP contribution >= 0.6 is 0 Å². The van der Waals surface area contributed by atoms with Crippen molar-refractivity contribution in [2.75, 3.05) is 13.2 Å². The highest BCUT2D eigenvalue weighted by Crippen LogP contribution is 2.14. The van der Waals surface area contributed by atoms with Gasteiger partial charge < -0.3 is 9.47 Å². The van der Waals surface area contributed by atoms with Gasteiger partial charge in [-0.25, -0.2) is 0 Å². The molecule has 1 saturated heterocycles. The lowest BCUT2D eigenvalue weighted by molar-refractivity contribution is 0.0179. The second kappa shape index (κ2) is 2.61. The number of ether oxygens (including phenoxy) is 2. The van der Waals surface area contributed by atoms with Crippen molar-refractivity contribution in [3.63, 3.8) is 0 Å². The molecule has 0 saturated carbocycles. The summed E-state index contributed by atoms with van der Waals surface area (Å²) in [6.45, 7) is 5.18. The highest BCUT2D eigenvalue weighted by Gasteiger charge is 2.25. The first kappa shape index (κ1) is 7.59. The van der Waals surface area contributed by atoms with Crippen LogP contribution < -0.4 is 0 Å². The van der Waals surface area contributed by atoms with E-state index in [2.05, 4.69) is 5.92 Å². The monoisotopic (exact) mass is 140 g/mol. The summed E-state index contributed by atoms with van der Waals surface area (Å²) in [6, 6.07) is 0. The van der Waals surface area contributed by atoms with E-state index in [-0.39, 0.29) is 0 Å². The second-order valence-corrected chi connectivity index (χ2v) is 2.92. The van der Waals surface area contributed by atoms with E-state index in [9.17, 15) is 0 Å². The minimum atomic E-state index is -0.439. The molecule has 0 aliphatic carbocycles. The van der Waals surface area contributed by atoms with Crippen molar-refractivity contribution in [3.05, 3.63) is 0 Å². The predicted octanol–water partition coefficient (Wildman–Crippen LogP) is 0.814. The van der Waals surface area contributed by atoms with Crippen molar-refractivity contribution in [3.8, 4) is 12.3 Å². The van der Waals surface area contributed by atoms with Crippen molar-refractivity contribution in [2.45, 2.75) is 25.6 Å². The fourth-order valence-electron chi connectivity index (χ4n) is 0.507. The SMILES string of the molecule is C#CC(C)(C)OCC1CO1. The van der Waals surface area contributed by atoms with E-state index < -0.39 is 5.60 Å². The second-order valence-electron chi connectivity index (χ2n) is 2.92. The van der Waals surface area contributed by atoms with Crippen LogP contribution in [0.15, 0.2) is 0 Å². The molecule has 0 bridgehead atoms. The summed E-state index contributed by atoms with van der Waals surface area (Å²) >= 11 is 0. The van der Waals surface area contributed by atoms with Crippen LogP contribution in [0.2, 0.25) is 0 Å². The Morgan fingerprint density at radius 1 is 1.80 bits per heavy atom. The number of epoxide rings is 1. The fourth-order valence-corrected chi connectivity index (χ4v) is 0.507. The van der Waals surface area contributed by atoms with Crippen LogP contribution in [0.5, 0.6) is 0 Å². The largest absolute Gasteiger partial charge is 0.371 e. The van der Waals surface area contributed by atoms with Gasteiger partial charge >= 0.3 is 0 Å². The molecule has 0 aromatic heterocycles. The molecule has 1 fully saturated rings. The van der Waals surface area contributed by atoms with Crippen LogP contribution in [-0.4, -0.2) is 24.9 Å². The molecule has 2 nitrogen and oxygen atoms in total. The lowest BCUT2D eigenvalue weighted by atomic mass is 10.1. The molecule has 1 rings (SSSR count). The van der Waals surface area contributed by atoms with Gasteiger partial charge in [0.2, 0.25) is 0 Å². The average Bonchev–Trinajstić information content (AvgIpc) is 2.66. The van der Waals surface area contributed by atoms with Crippen LogP contribution in [0.25, 0.3) is 0 Å². The van der Waals surface area contributed by atoms with Gasteiger partial charge in [0.15, 0.2) is 0 Å². The predicted molar refractivity (Wildman–Crippen MR) is 38.6 cm³/mol. The Labute approximate surface area is 61.5 Å². The summed E-state index contributed by atoms with van der Waals surface area (Å²) in [4.78, 5) is 0. The van der Waals surface area contributed by atoms with Crippen molar-refractivity contribution in [1.29, 1.82) is 0 Å². The topological polar surface area (TPSA) is 21.8 Å². The van der Waals surface area contributed by atoms with Crippen molar-refractivity contribution in [1.82, 2.24) is 0 Å². The molecule has 1 aliphatic rings. The van der Waals surface area contributed by atoms with Gasteiger partial charge in [-0.1, -0.05) is 5.92 Å². The van der Waals surface area contributed by atoms with E-state index in [1.807, 2.05) is 13.8 Å². The Morgan fingerprint density at radius 2 is 2.40 bits per heavy atom. The molecular formula is C8H12O2. The molecular weight excluding hydrogens is 128 g/mol. The van der Waals surface area contributed by atoms with E-state index in [0.29, 0.717) is 12.7 Å². The maximum atomic E-state index is 5.34. The van der Waals surface area contributed by atoms with E-state index in [4.69, 9.17) is 15.9 Å². The third kappa shape index (κ3) is 2.38. The van der Waals surface area contributed by atoms with Gasteiger partial charge in [0.05, 0.1) is 13.2 Å². The van der Waals surface area contributed by atoms with Crippen LogP contribution in [-0.2, 0) is 9.47 Å². The Morgan fingerprint density at radius 3 is 2.80 bits per heavy atom. The standard InChI is InChI=1S/C8H12O2/c1-4-8(2,3)10-6-7-5-9-7/h1,7H,5-6H2,2-3H3. The van der Waals surface area contributed by atoms with Gasteiger partial charge in [0.1, 0.15) is 11.7 Å². The summed E-state index contributed by atoms with van der Waals surface area (Å²) in [6.07, 6.45) is 5.50. The molecule has 0 amide bonds. The minimum absolute atomic E-state index is 0.299. The molecule has 1 aliphatic heterocycles. The maximum absolute atomic E-state index is 5.34. The zero-order valence-electron chi connectivity index (χ0n) is 6.39. The van der Waals surface area contributed by atoms with Gasteiger partial charge in [0, 0.05) is 0 Å². The van der Waals surface area contributed by atoms with Crippen molar-refractivity contribution >= 4 is 0 Å². The molecule has 0 aromatic carbocycles. The van der Waals surface area contributed by atoms with E-state index in [1.165, 1.54) is 0 Å². The normalized spacial score (nSPS) is 23.9. The highest BCUT2D eigenvalue weighted by atomic mass is 16.6. The molecule has 0 aromatic rings. The van der Waals surface area contributed by atoms with E-state index in [1.54, 1.807) is 0 Å². The third-order valence-corrected chi connectivity index (χ3v) is 1.38. The molecule has 10 heavy (non-hydrogen) atoms. The van der Waals surface area contributed by atoms with Gasteiger partial charge in [-0.05, 0) is 13.8 Å². The van der Waals surface area contributed by atoms with Gasteiger partial charge in [0.25, 0.3) is 0 Å². The first-order valence-corrected chi connectivity index (χ1v) is 3.37. The van der Waals surface area contributed by atoms with Gasteiger partial charge in [-0.15, -0.1) is 6.42 Å². The smallest absolute Gasteiger partial charge is 0.122 e. The highest BCUT2D eigenvalue weighted by molar-refractivity contribution is 5.03. The lowest BCUT2D eigenvalue weighted by Gasteiger charge is -2.17. The number of hydrogen-bond donors (Lipinski definition) is 0. The number of terminal acetylenes is 1. The van der Waals surface area contributed by atoms with Crippen molar-refractivity contribution < 1.29 is 9.47 Å². The summed E-state index contributed by atoms with van der Waals surface area (Å²) in [5.74, 6) is 2.55. The molecule has 0 radical (unpaired) electrons. The van der Waals surface area contributed by atoms with Crippen LogP contribution in [0.4, 0.5) is 0 Å². The van der Waals surface area contributed by atoms with Crippen molar-refractivity contribution in [2.24, 2.45) is 0 Å². The molecule has 1 unspecified atom stereocenters. The van der Waals surface area contributed by atoms with Crippen LogP contribution in [0.1, 0.15) is 13.8 Å². The fraction of sp³-hybridized carbons (Fsp3) is 0.750. The summed E-state index contributed by atoms with van der Waals surface area (Å²) < 4.78 is 10.3. The zero-order valence-corrected chi connectivity index (χ0v) is 6.39. The molecule has 1 atom stereocenters. The average molecular weight is 140 g/mol. The first-order chi connectivity index (χ1) is 4.64. The molecule has 0 spiro atoms. The quantitative estimate of drug-likeness (QED) is 0.427. The van der Waals surface area contributed by atoms with Gasteiger partial charge in [-0.2, -0.15) is 0 Å². The first-order valence-electron chi connectivity index (χ1n) is 3.37. The Bertz CT molecular complexity index is 151. The molecule has 0 N–H and O–H groups in total. The Kier molecular flexibility index (Phi) is 1.98. The zero-order chi connectivity index (χ0) is 7.61. The lowest BCUT2D eigenvalue weighted by Crippen LogP contribution is -2.23. The summed E-state index contributed by atoms with van der Waals surface area (Å²) in [7, 11) is 0.